The van der Waals surface area contributed by atoms with Gasteiger partial charge in [0, 0.05) is 6.61 Å². The summed E-state index contributed by atoms with van der Waals surface area (Å²) in [6.45, 7) is 3.83. The number of benzene rings is 2. The minimum atomic E-state index is -0.800. The second kappa shape index (κ2) is 10.2. The van der Waals surface area contributed by atoms with E-state index in [0.29, 0.717) is 24.8 Å². The number of halogens is 1. The van der Waals surface area contributed by atoms with Crippen molar-refractivity contribution in [2.24, 2.45) is 11.7 Å². The predicted molar refractivity (Wildman–Crippen MR) is 109 cm³/mol. The van der Waals surface area contributed by atoms with Crippen molar-refractivity contribution in [3.63, 3.8) is 0 Å². The summed E-state index contributed by atoms with van der Waals surface area (Å²) in [6.07, 6.45) is 2.64. The molecule has 1 amide bonds. The molecule has 2 aromatic rings. The monoisotopic (exact) mass is 387 g/mol. The summed E-state index contributed by atoms with van der Waals surface area (Å²) in [5.74, 6) is -0.201. The molecule has 2 aromatic carbocycles. The topological polar surface area (TPSA) is 72.5 Å². The van der Waals surface area contributed by atoms with E-state index in [1.807, 2.05) is 32.0 Å². The SMILES string of the molecule is CC(C)(OC(N)=O)C(CCc1cccc(CCO)c1)CCc1ccccc1F. The summed E-state index contributed by atoms with van der Waals surface area (Å²) in [7, 11) is 0. The Bertz CT molecular complexity index is 776. The number of aliphatic hydroxyl groups is 1. The zero-order valence-corrected chi connectivity index (χ0v) is 16.7. The third kappa shape index (κ3) is 6.64. The number of nitrogens with two attached hydrogens (primary N) is 1. The number of ether oxygens (including phenoxy) is 1. The first-order chi connectivity index (χ1) is 13.3. The molecule has 28 heavy (non-hydrogen) atoms. The average molecular weight is 387 g/mol. The van der Waals surface area contributed by atoms with Crippen LogP contribution in [0.4, 0.5) is 9.18 Å². The fourth-order valence-corrected chi connectivity index (χ4v) is 3.62. The first-order valence-electron chi connectivity index (χ1n) is 9.72. The van der Waals surface area contributed by atoms with Crippen molar-refractivity contribution in [1.82, 2.24) is 0 Å². The van der Waals surface area contributed by atoms with Crippen molar-refractivity contribution >= 4 is 6.09 Å². The molecule has 3 N–H and O–H groups in total. The Hall–Kier alpha value is -2.40. The van der Waals surface area contributed by atoms with Crippen molar-refractivity contribution in [2.75, 3.05) is 6.61 Å². The van der Waals surface area contributed by atoms with E-state index >= 15 is 0 Å². The van der Waals surface area contributed by atoms with E-state index in [9.17, 15) is 9.18 Å². The maximum Gasteiger partial charge on any atom is 0.405 e. The highest BCUT2D eigenvalue weighted by Gasteiger charge is 2.32. The molecule has 1 unspecified atom stereocenters. The van der Waals surface area contributed by atoms with E-state index in [-0.39, 0.29) is 18.3 Å². The number of aliphatic hydroxyl groups excluding tert-OH is 1. The second-order valence-electron chi connectivity index (χ2n) is 7.68. The molecule has 2 rings (SSSR count). The number of primary amides is 1. The molecule has 0 radical (unpaired) electrons. The van der Waals surface area contributed by atoms with Gasteiger partial charge in [-0.3, -0.25) is 0 Å². The van der Waals surface area contributed by atoms with Crippen molar-refractivity contribution in [3.05, 3.63) is 71.0 Å². The van der Waals surface area contributed by atoms with Crippen molar-refractivity contribution < 1.29 is 19.0 Å². The molecular weight excluding hydrogens is 357 g/mol. The Labute approximate surface area is 166 Å². The van der Waals surface area contributed by atoms with Crippen LogP contribution in [-0.4, -0.2) is 23.4 Å². The lowest BCUT2D eigenvalue weighted by molar-refractivity contribution is -0.00720. The van der Waals surface area contributed by atoms with Gasteiger partial charge in [-0.05, 0) is 74.6 Å². The van der Waals surface area contributed by atoms with Crippen LogP contribution in [0.1, 0.15) is 43.4 Å². The lowest BCUT2D eigenvalue weighted by Gasteiger charge is -2.34. The van der Waals surface area contributed by atoms with Gasteiger partial charge >= 0.3 is 6.09 Å². The molecule has 152 valence electrons. The molecule has 4 nitrogen and oxygen atoms in total. The molecule has 0 aliphatic rings. The Morgan fingerprint density at radius 1 is 1.07 bits per heavy atom. The number of aryl methyl sites for hydroxylation is 2. The first kappa shape index (κ1) is 21.9. The third-order valence-corrected chi connectivity index (χ3v) is 5.24. The van der Waals surface area contributed by atoms with Crippen LogP contribution in [0.5, 0.6) is 0 Å². The van der Waals surface area contributed by atoms with Crippen LogP contribution in [-0.2, 0) is 24.0 Å². The maximum absolute atomic E-state index is 14.0. The summed E-state index contributed by atoms with van der Waals surface area (Å²) >= 11 is 0. The molecule has 5 heteroatoms. The fourth-order valence-electron chi connectivity index (χ4n) is 3.62. The molecule has 0 fully saturated rings. The van der Waals surface area contributed by atoms with E-state index in [2.05, 4.69) is 12.1 Å². The smallest absolute Gasteiger partial charge is 0.405 e. The summed E-state index contributed by atoms with van der Waals surface area (Å²) in [4.78, 5) is 11.4. The van der Waals surface area contributed by atoms with Crippen LogP contribution in [0.2, 0.25) is 0 Å². The Morgan fingerprint density at radius 3 is 2.36 bits per heavy atom. The quantitative estimate of drug-likeness (QED) is 0.634. The van der Waals surface area contributed by atoms with Crippen LogP contribution in [0.15, 0.2) is 48.5 Å². The minimum Gasteiger partial charge on any atom is -0.443 e. The lowest BCUT2D eigenvalue weighted by atomic mass is 9.81. The zero-order chi connectivity index (χ0) is 20.6. The summed E-state index contributed by atoms with van der Waals surface area (Å²) < 4.78 is 19.4. The number of hydrogen-bond donors (Lipinski definition) is 2. The van der Waals surface area contributed by atoms with Crippen LogP contribution in [0, 0.1) is 11.7 Å². The fraction of sp³-hybridized carbons (Fsp3) is 0.435. The second-order valence-corrected chi connectivity index (χ2v) is 7.68. The van der Waals surface area contributed by atoms with Crippen LogP contribution >= 0.6 is 0 Å². The highest BCUT2D eigenvalue weighted by Crippen LogP contribution is 2.31. The normalized spacial score (nSPS) is 12.6. The van der Waals surface area contributed by atoms with Crippen LogP contribution in [0.25, 0.3) is 0 Å². The number of rotatable bonds is 10. The van der Waals surface area contributed by atoms with Gasteiger partial charge in [0.1, 0.15) is 11.4 Å². The van der Waals surface area contributed by atoms with E-state index < -0.39 is 11.7 Å². The molecule has 0 heterocycles. The predicted octanol–water partition coefficient (Wildman–Crippen LogP) is 4.42. The largest absolute Gasteiger partial charge is 0.443 e. The van der Waals surface area contributed by atoms with Gasteiger partial charge in [0.05, 0.1) is 0 Å². The number of carbonyl (C=O) groups excluding carboxylic acids is 1. The van der Waals surface area contributed by atoms with E-state index in [1.54, 1.807) is 12.1 Å². The highest BCUT2D eigenvalue weighted by molar-refractivity contribution is 5.65. The summed E-state index contributed by atoms with van der Waals surface area (Å²) in [6, 6.07) is 14.9. The molecule has 0 saturated carbocycles. The Kier molecular flexibility index (Phi) is 8.00. The Morgan fingerprint density at radius 2 is 1.71 bits per heavy atom. The standard InChI is InChI=1S/C23H30FNO3/c1-23(2,28-22(25)27)20(13-11-19-8-3-4-9-21(19)24)12-10-17-6-5-7-18(16-17)14-15-26/h3-9,16,20,26H,10-15H2,1-2H3,(H2,25,27). The summed E-state index contributed by atoms with van der Waals surface area (Å²) in [5.41, 5.74) is 7.43. The molecule has 0 bridgehead atoms. The Balaban J connectivity index is 2.10. The molecule has 0 spiro atoms. The zero-order valence-electron chi connectivity index (χ0n) is 16.7. The molecule has 0 aromatic heterocycles. The molecular formula is C23H30FNO3. The van der Waals surface area contributed by atoms with Gasteiger partial charge in [-0.15, -0.1) is 0 Å². The van der Waals surface area contributed by atoms with Gasteiger partial charge in [-0.1, -0.05) is 42.5 Å². The molecule has 0 saturated heterocycles. The highest BCUT2D eigenvalue weighted by atomic mass is 19.1. The van der Waals surface area contributed by atoms with Crippen LogP contribution in [0.3, 0.4) is 0 Å². The van der Waals surface area contributed by atoms with Gasteiger partial charge in [-0.2, -0.15) is 0 Å². The minimum absolute atomic E-state index is 0.0149. The van der Waals surface area contributed by atoms with E-state index in [4.69, 9.17) is 15.6 Å². The summed E-state index contributed by atoms with van der Waals surface area (Å²) in [5, 5.41) is 9.13. The van der Waals surface area contributed by atoms with Crippen LogP contribution < -0.4 is 5.73 Å². The van der Waals surface area contributed by atoms with Gasteiger partial charge in [0.15, 0.2) is 0 Å². The average Bonchev–Trinajstić information content (AvgIpc) is 2.62. The first-order valence-corrected chi connectivity index (χ1v) is 9.72. The van der Waals surface area contributed by atoms with Gasteiger partial charge < -0.3 is 15.6 Å². The lowest BCUT2D eigenvalue weighted by Crippen LogP contribution is -2.39. The van der Waals surface area contributed by atoms with Crippen molar-refractivity contribution in [2.45, 2.75) is 51.6 Å². The van der Waals surface area contributed by atoms with Gasteiger partial charge in [0.2, 0.25) is 0 Å². The van der Waals surface area contributed by atoms with Gasteiger partial charge in [-0.25, -0.2) is 9.18 Å². The maximum atomic E-state index is 14.0. The molecule has 1 atom stereocenters. The number of amides is 1. The van der Waals surface area contributed by atoms with E-state index in [0.717, 1.165) is 24.0 Å². The third-order valence-electron chi connectivity index (χ3n) is 5.24. The number of hydrogen-bond acceptors (Lipinski definition) is 3. The molecule has 0 aliphatic carbocycles. The van der Waals surface area contributed by atoms with E-state index in [1.165, 1.54) is 6.07 Å². The van der Waals surface area contributed by atoms with Crippen molar-refractivity contribution in [1.29, 1.82) is 0 Å². The van der Waals surface area contributed by atoms with Gasteiger partial charge in [0.25, 0.3) is 0 Å². The molecule has 0 aliphatic heterocycles. The number of carbonyl (C=O) groups is 1. The van der Waals surface area contributed by atoms with Crippen molar-refractivity contribution in [3.8, 4) is 0 Å².